The number of halogens is 24. The van der Waals surface area contributed by atoms with Gasteiger partial charge in [-0.05, 0) is 30.3 Å². The van der Waals surface area contributed by atoms with Gasteiger partial charge in [-0.3, -0.25) is 4.79 Å². The molecular weight excluding hydrogens is 1090 g/mol. The van der Waals surface area contributed by atoms with Crippen LogP contribution in [0.1, 0.15) is 54.9 Å². The summed E-state index contributed by atoms with van der Waals surface area (Å²) in [5.74, 6) is 0.143. The molecule has 0 aliphatic rings. The molecule has 0 radical (unpaired) electrons. The second-order valence-corrected chi connectivity index (χ2v) is 17.2. The molecule has 0 amide bonds. The van der Waals surface area contributed by atoms with Gasteiger partial charge in [0.15, 0.2) is 0 Å². The van der Waals surface area contributed by atoms with Crippen molar-refractivity contribution < 1.29 is 115 Å². The van der Waals surface area contributed by atoms with Gasteiger partial charge in [-0.1, -0.05) is 102 Å². The highest BCUT2D eigenvalue weighted by molar-refractivity contribution is 7.20. The Morgan fingerprint density at radius 2 is 0.613 bits per heavy atom. The van der Waals surface area contributed by atoms with Gasteiger partial charge < -0.3 is 0 Å². The first kappa shape index (κ1) is 57.5. The smallest absolute Gasteiger partial charge is 0.287 e. The zero-order valence-corrected chi connectivity index (χ0v) is 37.1. The molecule has 0 bridgehead atoms. The number of carbonyl (C=O) groups is 1. The van der Waals surface area contributed by atoms with Gasteiger partial charge in [-0.25, -0.2) is 0 Å². The monoisotopic (exact) mass is 1120 g/mol. The summed E-state index contributed by atoms with van der Waals surface area (Å²) in [5, 5.41) is 0. The molecule has 0 spiro atoms. The molecule has 75 heavy (non-hydrogen) atoms. The van der Waals surface area contributed by atoms with E-state index in [1.165, 1.54) is 4.70 Å². The van der Waals surface area contributed by atoms with E-state index in [2.05, 4.69) is 6.07 Å². The molecular formula is C47H24BF24NOS. The van der Waals surface area contributed by atoms with Crippen molar-refractivity contribution in [1.29, 1.82) is 0 Å². The van der Waals surface area contributed by atoms with Crippen molar-refractivity contribution in [1.82, 2.24) is 0 Å². The quantitative estimate of drug-likeness (QED) is 0.0674. The van der Waals surface area contributed by atoms with Gasteiger partial charge in [0, 0.05) is 11.6 Å². The summed E-state index contributed by atoms with van der Waals surface area (Å²) in [6.45, 7) is 0.397. The lowest BCUT2D eigenvalue weighted by Gasteiger charge is -2.46. The molecule has 0 atom stereocenters. The molecule has 6 aromatic carbocycles. The zero-order valence-electron chi connectivity index (χ0n) is 36.3. The van der Waals surface area contributed by atoms with E-state index in [9.17, 15) is 110 Å². The molecule has 400 valence electrons. The Morgan fingerprint density at radius 3 is 0.880 bits per heavy atom. The number of Topliss-reactive ketones (excluding diaryl/α,β-unsaturated/α-hetero) is 1. The third-order valence-corrected chi connectivity index (χ3v) is 12.3. The van der Waals surface area contributed by atoms with Crippen LogP contribution in [0.15, 0.2) is 133 Å². The van der Waals surface area contributed by atoms with E-state index in [4.69, 9.17) is 0 Å². The maximum absolute atomic E-state index is 14.2. The second-order valence-electron chi connectivity index (χ2n) is 16.3. The van der Waals surface area contributed by atoms with Crippen LogP contribution in [0, 0.1) is 0 Å². The summed E-state index contributed by atoms with van der Waals surface area (Å²) in [6, 6.07) is 8.75. The average molecular weight is 1120 g/mol. The summed E-state index contributed by atoms with van der Waals surface area (Å²) in [6.07, 6.45) is -54.8. The summed E-state index contributed by atoms with van der Waals surface area (Å²) in [7, 11) is 0. The summed E-state index contributed by atoms with van der Waals surface area (Å²) < 4.78 is 344. The summed E-state index contributed by atoms with van der Waals surface area (Å²) in [5.41, 5.74) is -26.3. The van der Waals surface area contributed by atoms with Crippen molar-refractivity contribution in [3.05, 3.63) is 183 Å². The minimum Gasteiger partial charge on any atom is -0.287 e. The highest BCUT2D eigenvalue weighted by Gasteiger charge is 2.47. The van der Waals surface area contributed by atoms with Gasteiger partial charge in [0.2, 0.25) is 23.4 Å². The van der Waals surface area contributed by atoms with Crippen LogP contribution in [-0.4, -0.2) is 11.9 Å². The number of nitrogens with zero attached hydrogens (tertiary/aromatic N) is 1. The van der Waals surface area contributed by atoms with Gasteiger partial charge >= 0.3 is 49.4 Å². The number of hydrogen-bond acceptors (Lipinski definition) is 2. The van der Waals surface area contributed by atoms with Crippen LogP contribution >= 0.6 is 11.3 Å². The number of fused-ring (bicyclic) bond motifs is 1. The van der Waals surface area contributed by atoms with Crippen molar-refractivity contribution in [2.24, 2.45) is 0 Å². The Kier molecular flexibility index (Phi) is 15.2. The van der Waals surface area contributed by atoms with E-state index in [1.54, 1.807) is 11.3 Å². The Balaban J connectivity index is 0.000000421. The fourth-order valence-corrected chi connectivity index (χ4v) is 8.93. The number of alkyl halides is 24. The first-order valence-electron chi connectivity index (χ1n) is 20.4. The third kappa shape index (κ3) is 12.9. The Bertz CT molecular complexity index is 2770. The van der Waals surface area contributed by atoms with Crippen LogP contribution in [0.3, 0.4) is 0 Å². The number of rotatable bonds is 7. The zero-order chi connectivity index (χ0) is 56.3. The van der Waals surface area contributed by atoms with Gasteiger partial charge in [0.25, 0.3) is 0 Å². The van der Waals surface area contributed by atoms with Crippen molar-refractivity contribution in [2.75, 3.05) is 0 Å². The van der Waals surface area contributed by atoms with Crippen LogP contribution in [0.2, 0.25) is 0 Å². The number of thiazole rings is 1. The lowest BCUT2D eigenvalue weighted by Crippen LogP contribution is -2.75. The Hall–Kier alpha value is -6.74. The van der Waals surface area contributed by atoms with Crippen molar-refractivity contribution in [3.8, 4) is 0 Å². The van der Waals surface area contributed by atoms with Gasteiger partial charge in [0.1, 0.15) is 10.8 Å². The Morgan fingerprint density at radius 1 is 0.360 bits per heavy atom. The van der Waals surface area contributed by atoms with E-state index in [1.807, 2.05) is 58.6 Å². The van der Waals surface area contributed by atoms with E-state index < -0.39 is 195 Å². The molecule has 0 fully saturated rings. The minimum atomic E-state index is -6.13. The number of aromatic nitrogens is 1. The molecule has 7 aromatic rings. The van der Waals surface area contributed by atoms with Crippen LogP contribution in [0.4, 0.5) is 105 Å². The molecule has 0 saturated heterocycles. The lowest BCUT2D eigenvalue weighted by molar-refractivity contribution is -0.652. The number of carbonyl (C=O) groups excluding carboxylic acids is 1. The molecule has 1 heterocycles. The van der Waals surface area contributed by atoms with Crippen molar-refractivity contribution in [3.63, 3.8) is 0 Å². The van der Waals surface area contributed by atoms with E-state index in [-0.39, 0.29) is 5.78 Å². The fourth-order valence-electron chi connectivity index (χ4n) is 8.03. The Labute approximate surface area is 408 Å². The topological polar surface area (TPSA) is 20.9 Å². The van der Waals surface area contributed by atoms with E-state index in [0.29, 0.717) is 6.54 Å². The maximum Gasteiger partial charge on any atom is 0.416 e. The molecule has 0 N–H and O–H groups in total. The van der Waals surface area contributed by atoms with Crippen LogP contribution in [0.25, 0.3) is 10.2 Å². The molecule has 0 unspecified atom stereocenters. The number of benzene rings is 6. The molecule has 1 aromatic heterocycles. The molecule has 0 aliphatic carbocycles. The predicted molar refractivity (Wildman–Crippen MR) is 223 cm³/mol. The lowest BCUT2D eigenvalue weighted by atomic mass is 9.12. The largest absolute Gasteiger partial charge is 0.416 e. The van der Waals surface area contributed by atoms with E-state index in [0.717, 1.165) is 11.1 Å². The van der Waals surface area contributed by atoms with Gasteiger partial charge in [0.05, 0.1) is 44.5 Å². The van der Waals surface area contributed by atoms with Crippen molar-refractivity contribution in [2.45, 2.75) is 56.0 Å². The normalized spacial score (nSPS) is 13.4. The number of hydrogen-bond donors (Lipinski definition) is 0. The molecule has 7 rings (SSSR count). The maximum atomic E-state index is 14.2. The van der Waals surface area contributed by atoms with E-state index >= 15 is 0 Å². The van der Waals surface area contributed by atoms with Gasteiger partial charge in [-0.2, -0.15) is 132 Å². The van der Waals surface area contributed by atoms with Crippen LogP contribution < -0.4 is 26.4 Å². The standard InChI is InChI=1S/C32H12BF24.C15H12NOS/c34-25(35,36)13-1-14(26(37,38)39)6-21(5-13)33(22-7-15(27(40,41)42)2-16(8-22)28(43,44)45,23-9-17(29(46,47)48)3-18(10-23)30(49,50)51)24-11-19(31(52,53)54)4-20(12-24)32(55,56)57;17-14(12-6-2-1-3-7-12)10-16-11-18-15-9-5-4-8-13(15)16/h1-12H;1-9,11H,10H2/q-1;+1. The summed E-state index contributed by atoms with van der Waals surface area (Å²) >= 11 is 1.66. The number of ketones is 1. The average Bonchev–Trinajstić information content (AvgIpc) is 3.69. The minimum absolute atomic E-state index is 0.143. The highest BCUT2D eigenvalue weighted by Crippen LogP contribution is 2.41. The van der Waals surface area contributed by atoms with Crippen molar-refractivity contribution >= 4 is 55.3 Å². The fraction of sp³-hybridized carbons (Fsp3) is 0.191. The second kappa shape index (κ2) is 19.8. The molecule has 2 nitrogen and oxygen atoms in total. The molecule has 28 heteroatoms. The predicted octanol–water partition coefficient (Wildman–Crippen LogP) is 14.3. The molecule has 0 saturated carbocycles. The van der Waals surface area contributed by atoms with Crippen LogP contribution in [-0.2, 0) is 56.0 Å². The SMILES string of the molecule is FC(F)(F)c1cc([B-](c2cc(C(F)(F)F)cc(C(F)(F)F)c2)(c2cc(C(F)(F)F)cc(C(F)(F)F)c2)c2cc(C(F)(F)F)cc(C(F)(F)F)c2)cc(C(F)(F)F)c1.O=C(C[n+]1csc2ccccc21)c1ccccc1. The first-order valence-corrected chi connectivity index (χ1v) is 21.3. The van der Waals surface area contributed by atoms with Gasteiger partial charge in [-0.15, -0.1) is 0 Å². The molecule has 0 aliphatic heterocycles. The highest BCUT2D eigenvalue weighted by atomic mass is 32.1. The number of para-hydroxylation sites is 1. The first-order chi connectivity index (χ1) is 34.1. The van der Waals surface area contributed by atoms with Crippen LogP contribution in [0.5, 0.6) is 0 Å². The summed E-state index contributed by atoms with van der Waals surface area (Å²) in [4.78, 5) is 12.1. The third-order valence-electron chi connectivity index (χ3n) is 11.3.